The van der Waals surface area contributed by atoms with Crippen LogP contribution in [-0.4, -0.2) is 4.57 Å². The average molecular weight is 730 g/mol. The minimum absolute atomic E-state index is 1.14. The van der Waals surface area contributed by atoms with Crippen LogP contribution in [0.5, 0.6) is 0 Å². The largest absolute Gasteiger partial charge is 0.309 e. The number of hydrogen-bond acceptors (Lipinski definition) is 0. The number of nitrogens with zero attached hydrogens (tertiary/aromatic N) is 1. The van der Waals surface area contributed by atoms with Crippen molar-refractivity contribution in [1.29, 1.82) is 0 Å². The quantitative estimate of drug-likeness (QED) is 0.154. The zero-order valence-corrected chi connectivity index (χ0v) is 32.3. The first-order chi connectivity index (χ1) is 28.2. The van der Waals surface area contributed by atoms with Gasteiger partial charge in [0.15, 0.2) is 0 Å². The van der Waals surface area contributed by atoms with Gasteiger partial charge in [-0.05, 0) is 109 Å². The molecule has 0 saturated carbocycles. The maximum atomic E-state index is 2.45. The molecule has 272 valence electrons. The van der Waals surface area contributed by atoms with Gasteiger partial charge in [-0.1, -0.05) is 196 Å². The summed E-state index contributed by atoms with van der Waals surface area (Å²) in [6.07, 6.45) is 0. The van der Waals surface area contributed by atoms with Crippen molar-refractivity contribution in [2.75, 3.05) is 0 Å². The van der Waals surface area contributed by atoms with Crippen molar-refractivity contribution < 1.29 is 0 Å². The van der Waals surface area contributed by atoms with Gasteiger partial charge in [-0.15, -0.1) is 0 Å². The highest BCUT2D eigenvalue weighted by Gasteiger charge is 2.17. The van der Waals surface area contributed by atoms with Crippen LogP contribution in [0, 0.1) is 0 Å². The Kier molecular flexibility index (Phi) is 9.88. The van der Waals surface area contributed by atoms with Gasteiger partial charge in [0, 0.05) is 16.5 Å². The second kappa shape index (κ2) is 15.9. The summed E-state index contributed by atoms with van der Waals surface area (Å²) < 4.78 is 2.45. The van der Waals surface area contributed by atoms with Crippen LogP contribution in [-0.2, 0) is 0 Å². The first kappa shape index (κ1) is 35.5. The highest BCUT2D eigenvalue weighted by Crippen LogP contribution is 2.40. The zero-order valence-electron chi connectivity index (χ0n) is 32.3. The summed E-state index contributed by atoms with van der Waals surface area (Å²) in [5.74, 6) is 0. The lowest BCUT2D eigenvalue weighted by Gasteiger charge is -2.14. The van der Waals surface area contributed by atoms with E-state index in [0.29, 0.717) is 0 Å². The van der Waals surface area contributed by atoms with Crippen LogP contribution in [0.15, 0.2) is 224 Å². The highest BCUT2D eigenvalue weighted by molar-refractivity contribution is 6.12. The summed E-state index contributed by atoms with van der Waals surface area (Å²) in [7, 11) is 0. The van der Waals surface area contributed by atoms with E-state index in [-0.39, 0.29) is 0 Å². The van der Waals surface area contributed by atoms with Gasteiger partial charge in [0.2, 0.25) is 0 Å². The molecule has 1 aromatic heterocycles. The van der Waals surface area contributed by atoms with Crippen LogP contribution < -0.4 is 0 Å². The normalized spacial score (nSPS) is 11.0. The monoisotopic (exact) mass is 729 g/mol. The van der Waals surface area contributed by atoms with Crippen LogP contribution in [0.25, 0.3) is 94.3 Å². The first-order valence-electron chi connectivity index (χ1n) is 19.9. The molecule has 0 aliphatic rings. The summed E-state index contributed by atoms with van der Waals surface area (Å²) in [4.78, 5) is 0. The van der Waals surface area contributed by atoms with Gasteiger partial charge in [0.25, 0.3) is 0 Å². The molecule has 0 N–H and O–H groups in total. The fourth-order valence-electron chi connectivity index (χ4n) is 7.97. The molecule has 0 aliphatic carbocycles. The number of hydrogen-bond donors (Lipinski definition) is 0. The third-order valence-corrected chi connectivity index (χ3v) is 10.8. The van der Waals surface area contributed by atoms with Gasteiger partial charge < -0.3 is 4.57 Å². The minimum Gasteiger partial charge on any atom is -0.309 e. The molecular weight excluding hydrogens is 687 g/mol. The molecular formula is C56H43N. The van der Waals surface area contributed by atoms with Crippen LogP contribution >= 0.6 is 0 Å². The summed E-state index contributed by atoms with van der Waals surface area (Å²) in [5.41, 5.74) is 18.0. The zero-order chi connectivity index (χ0) is 38.6. The summed E-state index contributed by atoms with van der Waals surface area (Å²) in [6.45, 7) is 4.00. The first-order valence-corrected chi connectivity index (χ1v) is 19.9. The standard InChI is InChI=1S/C54H37N.C2H6/c1-5-13-38(14-6-1)42-21-25-44(26-22-42)46-29-31-53-51(36-46)52-37-47(45-27-23-43(24-28-45)39-15-7-2-8-16-39)30-32-54(52)55(53)50-34-48(40-17-9-3-10-18-40)33-49(35-50)41-19-11-4-12-20-41;1-2/h1-37H;1-2H3. The van der Waals surface area contributed by atoms with Gasteiger partial charge in [-0.3, -0.25) is 0 Å². The van der Waals surface area contributed by atoms with Crippen molar-refractivity contribution >= 4 is 21.8 Å². The Balaban J connectivity index is 0.00000208. The summed E-state index contributed by atoms with van der Waals surface area (Å²) >= 11 is 0. The van der Waals surface area contributed by atoms with Crippen molar-refractivity contribution in [3.8, 4) is 72.4 Å². The van der Waals surface area contributed by atoms with Gasteiger partial charge >= 0.3 is 0 Å². The molecule has 0 saturated heterocycles. The Bertz CT molecular complexity index is 2710. The highest BCUT2D eigenvalue weighted by atomic mass is 15.0. The Morgan fingerprint density at radius 2 is 0.491 bits per heavy atom. The third kappa shape index (κ3) is 7.08. The molecule has 10 aromatic rings. The van der Waals surface area contributed by atoms with E-state index in [2.05, 4.69) is 229 Å². The molecule has 57 heavy (non-hydrogen) atoms. The van der Waals surface area contributed by atoms with Crippen molar-refractivity contribution in [1.82, 2.24) is 4.57 Å². The molecule has 0 bridgehead atoms. The number of aromatic nitrogens is 1. The van der Waals surface area contributed by atoms with Gasteiger partial charge in [0.05, 0.1) is 11.0 Å². The van der Waals surface area contributed by atoms with E-state index in [1.165, 1.54) is 88.6 Å². The number of fused-ring (bicyclic) bond motifs is 3. The molecule has 0 amide bonds. The minimum atomic E-state index is 1.14. The molecule has 10 rings (SSSR count). The van der Waals surface area contributed by atoms with E-state index in [1.54, 1.807) is 0 Å². The van der Waals surface area contributed by atoms with Crippen molar-refractivity contribution in [3.63, 3.8) is 0 Å². The van der Waals surface area contributed by atoms with Crippen molar-refractivity contribution in [2.24, 2.45) is 0 Å². The topological polar surface area (TPSA) is 4.93 Å². The fourth-order valence-corrected chi connectivity index (χ4v) is 7.97. The Morgan fingerprint density at radius 1 is 0.228 bits per heavy atom. The van der Waals surface area contributed by atoms with E-state index in [9.17, 15) is 0 Å². The summed E-state index contributed by atoms with van der Waals surface area (Å²) in [6, 6.07) is 81.4. The second-order valence-corrected chi connectivity index (χ2v) is 14.2. The molecule has 1 heterocycles. The lowest BCUT2D eigenvalue weighted by Crippen LogP contribution is -1.96. The van der Waals surface area contributed by atoms with Crippen LogP contribution in [0.3, 0.4) is 0 Å². The predicted molar refractivity (Wildman–Crippen MR) is 245 cm³/mol. The maximum Gasteiger partial charge on any atom is 0.0541 e. The van der Waals surface area contributed by atoms with Crippen LogP contribution in [0.2, 0.25) is 0 Å². The van der Waals surface area contributed by atoms with Gasteiger partial charge in [-0.25, -0.2) is 0 Å². The second-order valence-electron chi connectivity index (χ2n) is 14.2. The molecule has 0 atom stereocenters. The average Bonchev–Trinajstić information content (AvgIpc) is 3.64. The third-order valence-electron chi connectivity index (χ3n) is 10.8. The van der Waals surface area contributed by atoms with Crippen LogP contribution in [0.4, 0.5) is 0 Å². The molecule has 1 nitrogen and oxygen atoms in total. The molecule has 0 radical (unpaired) electrons. The molecule has 0 spiro atoms. The Labute approximate surface area is 335 Å². The Hall–Kier alpha value is -7.22. The SMILES string of the molecule is CC.c1ccc(-c2ccc(-c3ccc4c(c3)c3cc(-c5ccc(-c6ccccc6)cc5)ccc3n4-c3cc(-c4ccccc4)cc(-c4ccccc4)c3)cc2)cc1. The predicted octanol–water partition coefficient (Wildman–Crippen LogP) is 15.8. The molecule has 9 aromatic carbocycles. The van der Waals surface area contributed by atoms with Crippen molar-refractivity contribution in [2.45, 2.75) is 13.8 Å². The van der Waals surface area contributed by atoms with Crippen molar-refractivity contribution in [3.05, 3.63) is 224 Å². The van der Waals surface area contributed by atoms with E-state index in [1.807, 2.05) is 13.8 Å². The molecule has 0 fully saturated rings. The molecule has 0 unspecified atom stereocenters. The molecule has 1 heteroatoms. The Morgan fingerprint density at radius 3 is 0.825 bits per heavy atom. The number of benzene rings is 9. The maximum absolute atomic E-state index is 2.45. The van der Waals surface area contributed by atoms with E-state index >= 15 is 0 Å². The number of rotatable bonds is 7. The molecule has 0 aliphatic heterocycles. The van der Waals surface area contributed by atoms with E-state index in [0.717, 1.165) is 5.69 Å². The van der Waals surface area contributed by atoms with Crippen LogP contribution in [0.1, 0.15) is 13.8 Å². The fraction of sp³-hybridized carbons (Fsp3) is 0.0357. The lowest BCUT2D eigenvalue weighted by molar-refractivity contribution is 1.18. The van der Waals surface area contributed by atoms with E-state index < -0.39 is 0 Å². The summed E-state index contributed by atoms with van der Waals surface area (Å²) in [5, 5.41) is 2.46. The smallest absolute Gasteiger partial charge is 0.0541 e. The lowest BCUT2D eigenvalue weighted by atomic mass is 9.97. The van der Waals surface area contributed by atoms with Gasteiger partial charge in [0.1, 0.15) is 0 Å². The van der Waals surface area contributed by atoms with E-state index in [4.69, 9.17) is 0 Å². The van der Waals surface area contributed by atoms with Gasteiger partial charge in [-0.2, -0.15) is 0 Å².